The highest BCUT2D eigenvalue weighted by molar-refractivity contribution is 6.15. The SMILES string of the molecule is C.CC(C)(C)OC(=O)NCCCCC(=O)/C=C\C(=O)O.CC(C)(C)OC(=O)NCCCN.CC(C)(C)OC(=O)NCCCN1C(=O)C=CC1=O.CC(C)(C)OC(=O)NOCC(=O)CCCCN1C(=O)C=CC1=O.CC(C)(C)OC(=O)NOCC(=O)Oc1c(F)c(F)c(F)c(F)c1F.NCCCN1C(=O)C=CC1=O.O=C(CCCCN1C(=O)C=CC1=O)CONC(=O)C(F)(F)F.O=C1C=CC(=O)O1. The standard InChI is InChI=1S/C15H22N2O6.C13H12F5NO5.C13H21NO5.C12H13F3N2O5.C12H18N2O4.C8H18N2O2.C7H10N2O2.C4H2O3.CH4/c1-15(2,3)23-14(21)16-22-10-11(18)6-4-5-9-17-12(19)7-8-13(17)20;1-13(2,3)24-12(21)19-22-4-5(20)23-11-9(17)7(15)6(14)8(16)10(11)18;1-13(2,3)19-12(18)14-9-5-4-6-10(15)7-8-11(16)17;13-12(14,15)11(21)16-22-7-8(18)3-1-2-6-17-9(19)4-5-10(17)20;1-12(2,3)18-11(17)13-7-4-8-14-9(15)5-6-10(14)16;1-8(2,3)12-7(11)10-6-4-5-9;8-4-1-5-9-6(10)2-3-7(9)11;5-3-1-2-4(6)7-3;/h7-8H,4-6,9-10H2,1-3H3,(H,16,21);4H2,1-3H3,(H,19,21);7-8H,4-6,9H2,1-3H3,(H,14,18)(H,16,17);4-5H,1-3,6-7H2,(H,16,21);5-6H,4,7-8H2,1-3H3,(H,13,17);4-6,9H2,1-3H3,(H,10,11);2-3H,1,4-5,8H2;1-2H;1H4/b;;8-7-;;;;;;. The summed E-state index contributed by atoms with van der Waals surface area (Å²) in [7, 11) is 0. The molecule has 0 atom stereocenters. The van der Waals surface area contributed by atoms with E-state index in [2.05, 4.69) is 35.1 Å². The van der Waals surface area contributed by atoms with Gasteiger partial charge in [-0.3, -0.25) is 91.6 Å². The summed E-state index contributed by atoms with van der Waals surface area (Å²) in [5.74, 6) is -23.0. The second-order valence-corrected chi connectivity index (χ2v) is 32.6. The fourth-order valence-corrected chi connectivity index (χ4v) is 9.00. The Morgan fingerprint density at radius 1 is 0.365 bits per heavy atom. The van der Waals surface area contributed by atoms with Crippen molar-refractivity contribution in [1.82, 2.24) is 52.0 Å². The molecule has 5 aliphatic rings. The minimum absolute atomic E-state index is 0. The normalized spacial score (nSPS) is 13.5. The van der Waals surface area contributed by atoms with Crippen LogP contribution in [0.3, 0.4) is 0 Å². The monoisotopic (exact) mass is 1970 g/mol. The number of esters is 3. The van der Waals surface area contributed by atoms with Crippen LogP contribution in [0.5, 0.6) is 5.75 Å². The number of amides is 14. The van der Waals surface area contributed by atoms with Crippen LogP contribution in [0.15, 0.2) is 72.9 Å². The zero-order valence-corrected chi connectivity index (χ0v) is 77.5. The largest absolute Gasteiger partial charge is 0.478 e. The van der Waals surface area contributed by atoms with Crippen molar-refractivity contribution >= 4 is 125 Å². The summed E-state index contributed by atoms with van der Waals surface area (Å²) in [6.45, 7) is 27.5. The predicted molar refractivity (Wildman–Crippen MR) is 461 cm³/mol. The Labute approximate surface area is 783 Å². The fraction of sp³-hybridized carbons (Fsp3) is 0.541. The molecule has 0 aliphatic carbocycles. The molecular weight excluding hydrogens is 1850 g/mol. The van der Waals surface area contributed by atoms with Crippen LogP contribution in [0.2, 0.25) is 0 Å². The first-order valence-corrected chi connectivity index (χ1v) is 41.1. The Kier molecular flexibility index (Phi) is 59.9. The van der Waals surface area contributed by atoms with E-state index in [0.29, 0.717) is 97.2 Å². The van der Waals surface area contributed by atoms with Gasteiger partial charge in [-0.15, -0.1) is 0 Å². The molecule has 5 aliphatic heterocycles. The van der Waals surface area contributed by atoms with E-state index in [0.717, 1.165) is 63.1 Å². The maximum Gasteiger partial charge on any atom is 0.473 e. The van der Waals surface area contributed by atoms with Gasteiger partial charge in [0.25, 0.3) is 47.3 Å². The zero-order chi connectivity index (χ0) is 105. The summed E-state index contributed by atoms with van der Waals surface area (Å²) in [5.41, 5.74) is 12.3. The Bertz CT molecular complexity index is 4400. The minimum Gasteiger partial charge on any atom is -0.478 e. The number of nitrogens with two attached hydrogens (primary N) is 2. The molecule has 0 radical (unpaired) electrons. The summed E-state index contributed by atoms with van der Waals surface area (Å²) in [5, 5.41) is 16.1. The number of imide groups is 4. The lowest BCUT2D eigenvalue weighted by Gasteiger charge is -2.20. The summed E-state index contributed by atoms with van der Waals surface area (Å²) >= 11 is 0. The summed E-state index contributed by atoms with van der Waals surface area (Å²) < 4.78 is 133. The maximum absolute atomic E-state index is 13.3. The lowest BCUT2D eigenvalue weighted by molar-refractivity contribution is -0.186. The van der Waals surface area contributed by atoms with Gasteiger partial charge in [0.2, 0.25) is 34.8 Å². The van der Waals surface area contributed by atoms with Crippen molar-refractivity contribution in [3.63, 3.8) is 0 Å². The molecular formula is C85H120F8N12O32. The fourth-order valence-electron chi connectivity index (χ4n) is 9.00. The minimum atomic E-state index is -5.08. The number of halogens is 8. The molecule has 0 aromatic heterocycles. The smallest absolute Gasteiger partial charge is 0.473 e. The molecule has 6 rings (SSSR count). The van der Waals surface area contributed by atoms with Crippen molar-refractivity contribution in [1.29, 1.82) is 0 Å². The summed E-state index contributed by atoms with van der Waals surface area (Å²) in [6.07, 6.45) is 10.9. The third-order valence-corrected chi connectivity index (χ3v) is 14.7. The van der Waals surface area contributed by atoms with Crippen LogP contribution in [0, 0.1) is 29.1 Å². The number of alkyl halides is 3. The number of carbonyl (C=O) groups is 21. The number of ether oxygens (including phenoxy) is 7. The second kappa shape index (κ2) is 64.3. The van der Waals surface area contributed by atoms with Crippen molar-refractivity contribution in [2.45, 2.75) is 223 Å². The first kappa shape index (κ1) is 128. The van der Waals surface area contributed by atoms with E-state index >= 15 is 0 Å². The number of hydroxylamine groups is 3. The van der Waals surface area contributed by atoms with Crippen LogP contribution in [-0.4, -0.2) is 262 Å². The molecule has 5 heterocycles. The topological polar surface area (TPSA) is 608 Å². The number of carbonyl (C=O) groups excluding carboxylic acids is 20. The molecule has 0 saturated heterocycles. The van der Waals surface area contributed by atoms with Crippen molar-refractivity contribution in [3.05, 3.63) is 102 Å². The summed E-state index contributed by atoms with van der Waals surface area (Å²) in [4.78, 5) is 248. The highest BCUT2D eigenvalue weighted by Gasteiger charge is 2.39. The van der Waals surface area contributed by atoms with Gasteiger partial charge in [-0.2, -0.15) is 32.9 Å². The van der Waals surface area contributed by atoms with Gasteiger partial charge >= 0.3 is 66.4 Å². The van der Waals surface area contributed by atoms with Gasteiger partial charge in [-0.1, -0.05) is 7.43 Å². The molecule has 137 heavy (non-hydrogen) atoms. The molecule has 0 saturated carbocycles. The number of carboxylic acid groups (broad SMARTS) is 1. The van der Waals surface area contributed by atoms with Crippen molar-refractivity contribution in [2.24, 2.45) is 11.5 Å². The van der Waals surface area contributed by atoms with E-state index in [4.69, 9.17) is 45.1 Å². The maximum atomic E-state index is 13.3. The molecule has 0 spiro atoms. The number of nitrogens with one attached hydrogen (secondary N) is 6. The molecule has 768 valence electrons. The molecule has 44 nitrogen and oxygen atoms in total. The molecule has 1 aromatic carbocycles. The van der Waals surface area contributed by atoms with Crippen LogP contribution >= 0.6 is 0 Å². The van der Waals surface area contributed by atoms with Crippen molar-refractivity contribution in [3.8, 4) is 5.75 Å². The Morgan fingerprint density at radius 2 is 0.650 bits per heavy atom. The number of benzene rings is 1. The Morgan fingerprint density at radius 3 is 0.956 bits per heavy atom. The number of aliphatic carboxylic acids is 1. The number of nitrogens with zero attached hydrogens (tertiary/aromatic N) is 4. The second-order valence-electron chi connectivity index (χ2n) is 32.6. The van der Waals surface area contributed by atoms with Crippen LogP contribution < -0.4 is 48.6 Å². The van der Waals surface area contributed by atoms with E-state index in [-0.39, 0.29) is 99.5 Å². The predicted octanol–water partition coefficient (Wildman–Crippen LogP) is 7.21. The number of unbranched alkanes of at least 4 members (excludes halogenated alkanes) is 3. The van der Waals surface area contributed by atoms with E-state index in [9.17, 15) is 136 Å². The number of carboxylic acids is 1. The van der Waals surface area contributed by atoms with Crippen molar-refractivity contribution in [2.75, 3.05) is 78.7 Å². The zero-order valence-electron chi connectivity index (χ0n) is 77.5. The number of alkyl carbamates (subject to hydrolysis) is 3. The molecule has 0 unspecified atom stereocenters. The Balaban J connectivity index is -0.00000153. The van der Waals surface area contributed by atoms with Crippen LogP contribution in [0.25, 0.3) is 0 Å². The van der Waals surface area contributed by atoms with Gasteiger partial charge in [-0.25, -0.2) is 61.8 Å². The molecule has 0 bridgehead atoms. The van der Waals surface area contributed by atoms with Crippen LogP contribution in [-0.2, 0) is 120 Å². The van der Waals surface area contributed by atoms with Gasteiger partial charge in [0.1, 0.15) is 41.2 Å². The van der Waals surface area contributed by atoms with Gasteiger partial charge < -0.3 is 65.7 Å². The van der Waals surface area contributed by atoms with Gasteiger partial charge in [0.15, 0.2) is 24.0 Å². The number of Topliss-reactive ketones (excluding diaryl/α,β-unsaturated/α-hetero) is 2. The average Bonchev–Trinajstić information content (AvgIpc) is 1.37. The number of rotatable bonds is 37. The summed E-state index contributed by atoms with van der Waals surface area (Å²) in [6, 6.07) is 0. The van der Waals surface area contributed by atoms with E-state index in [1.807, 2.05) is 26.3 Å². The molecule has 52 heteroatoms. The molecule has 14 amide bonds. The molecule has 0 fully saturated rings. The number of hydrogen-bond donors (Lipinski definition) is 9. The number of hydrogen-bond acceptors (Lipinski definition) is 33. The van der Waals surface area contributed by atoms with E-state index in [1.165, 1.54) is 41.4 Å². The first-order chi connectivity index (χ1) is 62.8. The quantitative estimate of drug-likeness (QED) is 0.00271. The number of allylic oxidation sites excluding steroid dienone is 1. The lowest BCUT2D eigenvalue weighted by atomic mass is 10.1. The number of cyclic esters (lactones) is 2. The number of ketones is 3. The van der Waals surface area contributed by atoms with Gasteiger partial charge in [0, 0.05) is 132 Å². The average molecular weight is 1970 g/mol. The van der Waals surface area contributed by atoms with E-state index in [1.54, 1.807) is 88.6 Å². The van der Waals surface area contributed by atoms with Gasteiger partial charge in [0.05, 0.1) is 0 Å². The Hall–Kier alpha value is -13.6. The third-order valence-electron chi connectivity index (χ3n) is 14.7. The highest BCUT2D eigenvalue weighted by Crippen LogP contribution is 2.29. The van der Waals surface area contributed by atoms with E-state index < -0.39 is 154 Å². The molecule has 11 N–H and O–H groups in total. The third kappa shape index (κ3) is 63.3. The molecule has 1 aromatic rings. The lowest BCUT2D eigenvalue weighted by Crippen LogP contribution is -2.37. The highest BCUT2D eigenvalue weighted by atomic mass is 19.4. The van der Waals surface area contributed by atoms with Crippen LogP contribution in [0.1, 0.15) is 188 Å². The van der Waals surface area contributed by atoms with Crippen molar-refractivity contribution < 1.29 is 189 Å². The van der Waals surface area contributed by atoms with Gasteiger partial charge in [-0.05, 0) is 181 Å². The van der Waals surface area contributed by atoms with Crippen LogP contribution in [0.4, 0.5) is 59.1 Å². The first-order valence-electron chi connectivity index (χ1n) is 41.1.